The molecule has 0 fully saturated rings. The van der Waals surface area contributed by atoms with E-state index in [2.05, 4.69) is 18.8 Å². The molecule has 1 aromatic rings. The molecule has 0 amide bonds. The Kier molecular flexibility index (Phi) is 8.69. The minimum Gasteiger partial charge on any atom is -0.377 e. The van der Waals surface area contributed by atoms with Gasteiger partial charge in [0, 0.05) is 12.2 Å². The molecule has 0 spiro atoms. The maximum atomic E-state index is 13.2. The number of hydrogen-bond donors (Lipinski definition) is 1. The lowest BCUT2D eigenvalue weighted by Gasteiger charge is -2.07. The van der Waals surface area contributed by atoms with Crippen LogP contribution in [0.15, 0.2) is 18.2 Å². The van der Waals surface area contributed by atoms with Crippen LogP contribution in [0.5, 0.6) is 0 Å². The van der Waals surface area contributed by atoms with Crippen LogP contribution in [0.3, 0.4) is 0 Å². The maximum absolute atomic E-state index is 13.2. The molecule has 0 aromatic heterocycles. The Morgan fingerprint density at radius 3 is 2.75 bits per heavy atom. The van der Waals surface area contributed by atoms with Crippen LogP contribution in [-0.4, -0.2) is 13.2 Å². The topological polar surface area (TPSA) is 35.2 Å². The first-order valence-corrected chi connectivity index (χ1v) is 7.33. The fraction of sp³-hybridized carbons (Fsp3) is 0.529. The molecule has 1 aromatic carbocycles. The number of unbranched alkanes of at least 4 members (excludes halogenated alkanes) is 4. The number of ether oxygens (including phenoxy) is 1. The molecule has 2 nitrogen and oxygen atoms in total. The van der Waals surface area contributed by atoms with E-state index in [4.69, 9.17) is 10.5 Å². The molecule has 0 unspecified atom stereocenters. The van der Waals surface area contributed by atoms with Crippen molar-refractivity contribution in [2.45, 2.75) is 45.6 Å². The Balaban J connectivity index is 2.39. The van der Waals surface area contributed by atoms with Crippen molar-refractivity contribution in [3.05, 3.63) is 35.1 Å². The first kappa shape index (κ1) is 16.7. The molecule has 0 bridgehead atoms. The summed E-state index contributed by atoms with van der Waals surface area (Å²) in [4.78, 5) is 0. The van der Waals surface area contributed by atoms with Crippen molar-refractivity contribution in [2.24, 2.45) is 5.73 Å². The van der Waals surface area contributed by atoms with Gasteiger partial charge in [-0.3, -0.25) is 0 Å². The van der Waals surface area contributed by atoms with Crippen LogP contribution >= 0.6 is 0 Å². The fourth-order valence-electron chi connectivity index (χ4n) is 1.93. The van der Waals surface area contributed by atoms with Crippen LogP contribution in [0, 0.1) is 17.7 Å². The zero-order valence-electron chi connectivity index (χ0n) is 12.3. The SMILES string of the molecule is CCCCCCCOCc1ccc(F)cc1C#CCN. The van der Waals surface area contributed by atoms with E-state index < -0.39 is 0 Å². The van der Waals surface area contributed by atoms with E-state index in [1.807, 2.05) is 0 Å². The van der Waals surface area contributed by atoms with Gasteiger partial charge in [-0.1, -0.05) is 50.5 Å². The lowest BCUT2D eigenvalue weighted by molar-refractivity contribution is 0.116. The lowest BCUT2D eigenvalue weighted by Crippen LogP contribution is -1.99. The molecule has 0 aliphatic rings. The van der Waals surface area contributed by atoms with E-state index in [1.165, 1.54) is 37.8 Å². The predicted molar refractivity (Wildman–Crippen MR) is 80.7 cm³/mol. The molecule has 0 atom stereocenters. The van der Waals surface area contributed by atoms with E-state index in [1.54, 1.807) is 6.07 Å². The van der Waals surface area contributed by atoms with Crippen molar-refractivity contribution in [3.8, 4) is 11.8 Å². The van der Waals surface area contributed by atoms with Crippen molar-refractivity contribution in [1.82, 2.24) is 0 Å². The quantitative estimate of drug-likeness (QED) is 0.582. The molecule has 0 heterocycles. The van der Waals surface area contributed by atoms with Gasteiger partial charge >= 0.3 is 0 Å². The summed E-state index contributed by atoms with van der Waals surface area (Å²) in [5.74, 6) is 5.36. The highest BCUT2D eigenvalue weighted by Crippen LogP contribution is 2.12. The first-order valence-electron chi connectivity index (χ1n) is 7.33. The van der Waals surface area contributed by atoms with Gasteiger partial charge in [-0.05, 0) is 24.1 Å². The molecule has 3 heteroatoms. The lowest BCUT2D eigenvalue weighted by atomic mass is 10.1. The number of hydrogen-bond acceptors (Lipinski definition) is 2. The molecular formula is C17H24FNO. The van der Waals surface area contributed by atoms with E-state index in [-0.39, 0.29) is 12.4 Å². The third-order valence-corrected chi connectivity index (χ3v) is 3.05. The van der Waals surface area contributed by atoms with Crippen LogP contribution in [0.2, 0.25) is 0 Å². The second kappa shape index (κ2) is 10.4. The molecule has 0 aliphatic carbocycles. The van der Waals surface area contributed by atoms with Gasteiger partial charge in [0.25, 0.3) is 0 Å². The highest BCUT2D eigenvalue weighted by molar-refractivity contribution is 5.41. The van der Waals surface area contributed by atoms with Crippen LogP contribution in [0.25, 0.3) is 0 Å². The third kappa shape index (κ3) is 6.70. The maximum Gasteiger partial charge on any atom is 0.124 e. The fourth-order valence-corrected chi connectivity index (χ4v) is 1.93. The van der Waals surface area contributed by atoms with Gasteiger partial charge in [0.1, 0.15) is 5.82 Å². The summed E-state index contributed by atoms with van der Waals surface area (Å²) in [5.41, 5.74) is 6.93. The van der Waals surface area contributed by atoms with Crippen molar-refractivity contribution in [1.29, 1.82) is 0 Å². The Hall–Kier alpha value is -1.37. The molecule has 0 saturated heterocycles. The summed E-state index contributed by atoms with van der Waals surface area (Å²) in [5, 5.41) is 0. The standard InChI is InChI=1S/C17H24FNO/c1-2-3-4-5-6-12-20-14-16-9-10-17(18)13-15(16)8-7-11-19/h9-10,13H,2-6,11-12,14,19H2,1H3. The van der Waals surface area contributed by atoms with E-state index in [9.17, 15) is 4.39 Å². The van der Waals surface area contributed by atoms with E-state index in [0.29, 0.717) is 12.2 Å². The normalized spacial score (nSPS) is 10.2. The summed E-state index contributed by atoms with van der Waals surface area (Å²) in [6.45, 7) is 3.69. The minimum absolute atomic E-state index is 0.272. The van der Waals surface area contributed by atoms with Crippen molar-refractivity contribution >= 4 is 0 Å². The molecule has 2 N–H and O–H groups in total. The number of benzene rings is 1. The summed E-state index contributed by atoms with van der Waals surface area (Å²) in [7, 11) is 0. The Labute approximate surface area is 121 Å². The largest absolute Gasteiger partial charge is 0.377 e. The number of nitrogens with two attached hydrogens (primary N) is 1. The molecule has 0 radical (unpaired) electrons. The smallest absolute Gasteiger partial charge is 0.124 e. The zero-order valence-corrected chi connectivity index (χ0v) is 12.3. The van der Waals surface area contributed by atoms with E-state index in [0.717, 1.165) is 18.6 Å². The summed E-state index contributed by atoms with van der Waals surface area (Å²) in [6, 6.07) is 4.60. The summed E-state index contributed by atoms with van der Waals surface area (Å²) >= 11 is 0. The number of rotatable bonds is 8. The average Bonchev–Trinajstić information content (AvgIpc) is 2.45. The highest BCUT2D eigenvalue weighted by atomic mass is 19.1. The Morgan fingerprint density at radius 1 is 1.20 bits per heavy atom. The number of halogens is 1. The monoisotopic (exact) mass is 277 g/mol. The van der Waals surface area contributed by atoms with Crippen molar-refractivity contribution in [3.63, 3.8) is 0 Å². The second-order valence-corrected chi connectivity index (χ2v) is 4.77. The first-order chi connectivity index (χ1) is 9.77. The average molecular weight is 277 g/mol. The van der Waals surface area contributed by atoms with Gasteiger partial charge in [0.2, 0.25) is 0 Å². The van der Waals surface area contributed by atoms with Crippen molar-refractivity contribution < 1.29 is 9.13 Å². The molecular weight excluding hydrogens is 253 g/mol. The minimum atomic E-state index is -0.283. The highest BCUT2D eigenvalue weighted by Gasteiger charge is 2.02. The van der Waals surface area contributed by atoms with Gasteiger partial charge in [-0.2, -0.15) is 0 Å². The Bertz CT molecular complexity index is 448. The van der Waals surface area contributed by atoms with Gasteiger partial charge < -0.3 is 10.5 Å². The van der Waals surface area contributed by atoms with Crippen LogP contribution in [0.4, 0.5) is 4.39 Å². The van der Waals surface area contributed by atoms with Crippen LogP contribution in [0.1, 0.15) is 50.2 Å². The molecule has 0 aliphatic heterocycles. The molecule has 0 saturated carbocycles. The van der Waals surface area contributed by atoms with Gasteiger partial charge in [-0.25, -0.2) is 4.39 Å². The third-order valence-electron chi connectivity index (χ3n) is 3.05. The van der Waals surface area contributed by atoms with Crippen molar-refractivity contribution in [2.75, 3.05) is 13.2 Å². The summed E-state index contributed by atoms with van der Waals surface area (Å²) < 4.78 is 18.8. The predicted octanol–water partition coefficient (Wildman–Crippen LogP) is 3.62. The molecule has 20 heavy (non-hydrogen) atoms. The van der Waals surface area contributed by atoms with Crippen LogP contribution < -0.4 is 5.73 Å². The van der Waals surface area contributed by atoms with Gasteiger partial charge in [0.05, 0.1) is 13.2 Å². The van der Waals surface area contributed by atoms with E-state index >= 15 is 0 Å². The van der Waals surface area contributed by atoms with Gasteiger partial charge in [0.15, 0.2) is 0 Å². The molecule has 110 valence electrons. The van der Waals surface area contributed by atoms with Gasteiger partial charge in [-0.15, -0.1) is 0 Å². The molecule has 1 rings (SSSR count). The second-order valence-electron chi connectivity index (χ2n) is 4.77. The summed E-state index contributed by atoms with van der Waals surface area (Å²) in [6.07, 6.45) is 6.09. The van der Waals surface area contributed by atoms with Crippen LogP contribution in [-0.2, 0) is 11.3 Å². The zero-order chi connectivity index (χ0) is 14.6. The Morgan fingerprint density at radius 2 is 2.00 bits per heavy atom.